The van der Waals surface area contributed by atoms with E-state index < -0.39 is 20.0 Å². The maximum Gasteiger partial charge on any atom is 0.283 e. The van der Waals surface area contributed by atoms with Crippen molar-refractivity contribution >= 4 is 20.0 Å². The van der Waals surface area contributed by atoms with Crippen LogP contribution in [-0.4, -0.2) is 50.0 Å². The molecule has 1 aliphatic rings. The van der Waals surface area contributed by atoms with Crippen LogP contribution in [0.2, 0.25) is 0 Å². The molecule has 2 heterocycles. The van der Waals surface area contributed by atoms with Crippen LogP contribution < -0.4 is 4.74 Å². The average Bonchev–Trinajstić information content (AvgIpc) is 2.86. The Morgan fingerprint density at radius 1 is 0.931 bits per heavy atom. The molecule has 0 spiro atoms. The zero-order chi connectivity index (χ0) is 21.2. The minimum absolute atomic E-state index is 0.0188. The highest BCUT2D eigenvalue weighted by molar-refractivity contribution is 7.90. The van der Waals surface area contributed by atoms with Crippen molar-refractivity contribution in [2.75, 3.05) is 19.7 Å². The van der Waals surface area contributed by atoms with Gasteiger partial charge in [-0.25, -0.2) is 8.42 Å². The SMILES string of the molecule is CCOc1ccc(S(=O)(=O)n2nc(C)c(S(=O)(=O)N3CCCCCC3)c2C)cc1. The van der Waals surface area contributed by atoms with E-state index in [0.717, 1.165) is 29.8 Å². The molecule has 0 radical (unpaired) electrons. The summed E-state index contributed by atoms with van der Waals surface area (Å²) in [5, 5.41) is 4.09. The van der Waals surface area contributed by atoms with Crippen LogP contribution in [0.25, 0.3) is 0 Å². The minimum Gasteiger partial charge on any atom is -0.494 e. The molecule has 0 bridgehead atoms. The van der Waals surface area contributed by atoms with Gasteiger partial charge in [-0.3, -0.25) is 0 Å². The number of aryl methyl sites for hydroxylation is 1. The van der Waals surface area contributed by atoms with E-state index in [2.05, 4.69) is 5.10 Å². The van der Waals surface area contributed by atoms with Crippen molar-refractivity contribution in [3.8, 4) is 5.75 Å². The predicted molar refractivity (Wildman–Crippen MR) is 109 cm³/mol. The lowest BCUT2D eigenvalue weighted by atomic mass is 10.2. The summed E-state index contributed by atoms with van der Waals surface area (Å²) >= 11 is 0. The first kappa shape index (κ1) is 21.8. The third-order valence-electron chi connectivity index (χ3n) is 5.01. The smallest absolute Gasteiger partial charge is 0.283 e. The minimum atomic E-state index is -4.03. The van der Waals surface area contributed by atoms with E-state index in [1.54, 1.807) is 12.1 Å². The molecule has 8 nitrogen and oxygen atoms in total. The van der Waals surface area contributed by atoms with Crippen LogP contribution in [0.5, 0.6) is 5.75 Å². The van der Waals surface area contributed by atoms with Crippen LogP contribution in [0, 0.1) is 13.8 Å². The Morgan fingerprint density at radius 2 is 1.52 bits per heavy atom. The van der Waals surface area contributed by atoms with Crippen LogP contribution in [0.4, 0.5) is 0 Å². The van der Waals surface area contributed by atoms with Crippen molar-refractivity contribution in [1.29, 1.82) is 0 Å². The number of hydrogen-bond donors (Lipinski definition) is 0. The molecular weight excluding hydrogens is 414 g/mol. The van der Waals surface area contributed by atoms with Crippen LogP contribution in [0.1, 0.15) is 44.0 Å². The summed E-state index contributed by atoms with van der Waals surface area (Å²) in [6, 6.07) is 5.99. The first-order chi connectivity index (χ1) is 13.7. The highest BCUT2D eigenvalue weighted by atomic mass is 32.2. The monoisotopic (exact) mass is 441 g/mol. The van der Waals surface area contributed by atoms with Gasteiger partial charge in [0, 0.05) is 13.1 Å². The van der Waals surface area contributed by atoms with Crippen molar-refractivity contribution in [1.82, 2.24) is 13.5 Å². The molecule has 29 heavy (non-hydrogen) atoms. The van der Waals surface area contributed by atoms with Gasteiger partial charge in [-0.05, 0) is 57.9 Å². The van der Waals surface area contributed by atoms with Crippen molar-refractivity contribution in [3.05, 3.63) is 35.7 Å². The van der Waals surface area contributed by atoms with Gasteiger partial charge in [-0.2, -0.15) is 21.9 Å². The topological polar surface area (TPSA) is 98.6 Å². The zero-order valence-electron chi connectivity index (χ0n) is 17.0. The number of nitrogens with zero attached hydrogens (tertiary/aromatic N) is 3. The Bertz CT molecular complexity index is 1070. The van der Waals surface area contributed by atoms with Gasteiger partial charge in [-0.1, -0.05) is 12.8 Å². The average molecular weight is 442 g/mol. The van der Waals surface area contributed by atoms with Gasteiger partial charge >= 0.3 is 0 Å². The molecule has 1 fully saturated rings. The second-order valence-corrected chi connectivity index (χ2v) is 10.7. The molecule has 0 N–H and O–H groups in total. The third-order valence-corrected chi connectivity index (χ3v) is 8.84. The summed E-state index contributed by atoms with van der Waals surface area (Å²) in [6.07, 6.45) is 3.59. The second-order valence-electron chi connectivity index (χ2n) is 7.07. The molecule has 1 aromatic carbocycles. The molecular formula is C19H27N3O5S2. The van der Waals surface area contributed by atoms with E-state index in [9.17, 15) is 16.8 Å². The first-order valence-electron chi connectivity index (χ1n) is 9.74. The lowest BCUT2D eigenvalue weighted by Crippen LogP contribution is -2.32. The first-order valence-corrected chi connectivity index (χ1v) is 12.6. The van der Waals surface area contributed by atoms with Crippen LogP contribution >= 0.6 is 0 Å². The maximum absolute atomic E-state index is 13.2. The van der Waals surface area contributed by atoms with E-state index in [1.165, 1.54) is 30.3 Å². The molecule has 3 rings (SSSR count). The van der Waals surface area contributed by atoms with Gasteiger partial charge in [0.25, 0.3) is 10.0 Å². The molecule has 1 aromatic heterocycles. The number of ether oxygens (including phenoxy) is 1. The van der Waals surface area contributed by atoms with Gasteiger partial charge in [0.05, 0.1) is 22.9 Å². The number of benzene rings is 1. The van der Waals surface area contributed by atoms with E-state index in [0.29, 0.717) is 25.4 Å². The number of sulfonamides is 1. The molecule has 1 aliphatic heterocycles. The largest absolute Gasteiger partial charge is 0.494 e. The lowest BCUT2D eigenvalue weighted by Gasteiger charge is -2.20. The van der Waals surface area contributed by atoms with E-state index in [-0.39, 0.29) is 21.2 Å². The fourth-order valence-corrected chi connectivity index (χ4v) is 6.89. The predicted octanol–water partition coefficient (Wildman–Crippen LogP) is 2.70. The number of hydrogen-bond acceptors (Lipinski definition) is 6. The van der Waals surface area contributed by atoms with E-state index >= 15 is 0 Å². The molecule has 0 amide bonds. The van der Waals surface area contributed by atoms with Gasteiger partial charge < -0.3 is 4.74 Å². The Balaban J connectivity index is 2.02. The molecule has 160 valence electrons. The Hall–Kier alpha value is -1.91. The Morgan fingerprint density at radius 3 is 2.07 bits per heavy atom. The highest BCUT2D eigenvalue weighted by Gasteiger charge is 2.34. The highest BCUT2D eigenvalue weighted by Crippen LogP contribution is 2.28. The third kappa shape index (κ3) is 4.19. The molecule has 0 saturated carbocycles. The maximum atomic E-state index is 13.2. The zero-order valence-corrected chi connectivity index (χ0v) is 18.6. The molecule has 0 unspecified atom stereocenters. The van der Waals surface area contributed by atoms with Gasteiger partial charge in [0.15, 0.2) is 0 Å². The number of aromatic nitrogens is 2. The summed E-state index contributed by atoms with van der Waals surface area (Å²) in [5.41, 5.74) is 0.280. The molecule has 1 saturated heterocycles. The summed E-state index contributed by atoms with van der Waals surface area (Å²) in [5.74, 6) is 0.559. The molecule has 10 heteroatoms. The summed E-state index contributed by atoms with van der Waals surface area (Å²) in [4.78, 5) is -0.000755. The van der Waals surface area contributed by atoms with Gasteiger partial charge in [-0.15, -0.1) is 0 Å². The van der Waals surface area contributed by atoms with Crippen molar-refractivity contribution in [2.45, 2.75) is 56.2 Å². The normalized spacial score (nSPS) is 16.5. The van der Waals surface area contributed by atoms with Gasteiger partial charge in [0.2, 0.25) is 10.0 Å². The van der Waals surface area contributed by atoms with Gasteiger partial charge in [0.1, 0.15) is 10.6 Å². The van der Waals surface area contributed by atoms with E-state index in [1.807, 2.05) is 6.92 Å². The molecule has 0 atom stereocenters. The van der Waals surface area contributed by atoms with Crippen molar-refractivity contribution in [2.24, 2.45) is 0 Å². The summed E-state index contributed by atoms with van der Waals surface area (Å²) in [7, 11) is -7.85. The standard InChI is InChI=1S/C19H27N3O5S2/c1-4-27-17-9-11-18(12-10-17)28(23,24)22-16(3)19(15(2)20-22)29(25,26)21-13-7-5-6-8-14-21/h9-12H,4-8,13-14H2,1-3H3. The molecule has 2 aromatic rings. The van der Waals surface area contributed by atoms with Crippen LogP contribution in [0.15, 0.2) is 34.1 Å². The summed E-state index contributed by atoms with van der Waals surface area (Å²) in [6.45, 7) is 6.21. The van der Waals surface area contributed by atoms with Crippen molar-refractivity contribution in [3.63, 3.8) is 0 Å². The van der Waals surface area contributed by atoms with Crippen LogP contribution in [-0.2, 0) is 20.0 Å². The second kappa shape index (κ2) is 8.45. The lowest BCUT2D eigenvalue weighted by molar-refractivity contribution is 0.340. The number of rotatable bonds is 6. The van der Waals surface area contributed by atoms with Crippen LogP contribution in [0.3, 0.4) is 0 Å². The Kier molecular flexibility index (Phi) is 6.35. The Labute approximate surface area is 172 Å². The quantitative estimate of drug-likeness (QED) is 0.683. The fraction of sp³-hybridized carbons (Fsp3) is 0.526. The summed E-state index contributed by atoms with van der Waals surface area (Å²) < 4.78 is 60.3. The fourth-order valence-electron chi connectivity index (χ4n) is 3.60. The van der Waals surface area contributed by atoms with E-state index in [4.69, 9.17) is 4.74 Å². The van der Waals surface area contributed by atoms with Crippen molar-refractivity contribution < 1.29 is 21.6 Å². The molecule has 0 aliphatic carbocycles.